The Balaban J connectivity index is 1.88. The van der Waals surface area contributed by atoms with Gasteiger partial charge in [0.1, 0.15) is 5.82 Å². The molecule has 10 heteroatoms. The van der Waals surface area contributed by atoms with Gasteiger partial charge in [0.15, 0.2) is 5.75 Å². The molecule has 2 N–H and O–H groups in total. The van der Waals surface area contributed by atoms with Crippen molar-refractivity contribution in [3.8, 4) is 17.1 Å². The summed E-state index contributed by atoms with van der Waals surface area (Å²) in [6.45, 7) is 1.53. The lowest BCUT2D eigenvalue weighted by atomic mass is 10.2. The van der Waals surface area contributed by atoms with E-state index in [0.717, 1.165) is 13.0 Å². The summed E-state index contributed by atoms with van der Waals surface area (Å²) in [5, 5.41) is 6.06. The van der Waals surface area contributed by atoms with Crippen LogP contribution in [0.1, 0.15) is 6.42 Å². The fraction of sp³-hybridized carbons (Fsp3) is 0.286. The first-order valence-electron chi connectivity index (χ1n) is 9.61. The number of hydrogen-bond acceptors (Lipinski definition) is 7. The van der Waals surface area contributed by atoms with Gasteiger partial charge in [-0.15, -0.1) is 13.2 Å². The molecule has 2 heterocycles. The summed E-state index contributed by atoms with van der Waals surface area (Å²) in [6, 6.07) is 12.8. The van der Waals surface area contributed by atoms with Crippen molar-refractivity contribution < 1.29 is 17.9 Å². The minimum absolute atomic E-state index is 0.129. The summed E-state index contributed by atoms with van der Waals surface area (Å²) < 4.78 is 42.3. The Hall–Kier alpha value is -3.40. The highest BCUT2D eigenvalue weighted by Gasteiger charge is 2.32. The normalized spacial score (nSPS) is 11.4. The molecule has 7 nitrogen and oxygen atoms in total. The first kappa shape index (κ1) is 22.3. The van der Waals surface area contributed by atoms with Gasteiger partial charge in [-0.05, 0) is 51.3 Å². The Bertz CT molecular complexity index is 982. The molecular weight excluding hydrogens is 409 g/mol. The number of nitrogens with zero attached hydrogens (tertiary/aromatic N) is 4. The summed E-state index contributed by atoms with van der Waals surface area (Å²) in [7, 11) is 3.97. The van der Waals surface area contributed by atoms with Crippen LogP contribution in [0.15, 0.2) is 54.7 Å². The van der Waals surface area contributed by atoms with Gasteiger partial charge in [-0.3, -0.25) is 4.98 Å². The highest BCUT2D eigenvalue weighted by Crippen LogP contribution is 2.32. The van der Waals surface area contributed by atoms with Crippen LogP contribution in [0.5, 0.6) is 5.75 Å². The second-order valence-corrected chi connectivity index (χ2v) is 6.93. The lowest BCUT2D eigenvalue weighted by molar-refractivity contribution is -0.274. The smallest absolute Gasteiger partial charge is 0.404 e. The standard InChI is InChI=1S/C21H23F3N6O/c1-30(2)13-7-12-26-20-28-17(15-8-5-6-11-25-15)14-19(29-20)27-16-9-3-4-10-18(16)31-21(22,23)24/h3-6,8-11,14H,7,12-13H2,1-2H3,(H2,26,27,28,29). The molecule has 164 valence electrons. The van der Waals surface area contributed by atoms with Gasteiger partial charge in [0.05, 0.1) is 17.1 Å². The second kappa shape index (κ2) is 10.1. The van der Waals surface area contributed by atoms with Crippen LogP contribution < -0.4 is 15.4 Å². The number of alkyl halides is 3. The highest BCUT2D eigenvalue weighted by molar-refractivity contribution is 5.68. The summed E-state index contributed by atoms with van der Waals surface area (Å²) in [5.41, 5.74) is 1.27. The largest absolute Gasteiger partial charge is 0.573 e. The van der Waals surface area contributed by atoms with Crippen LogP contribution in [0.3, 0.4) is 0 Å². The SMILES string of the molecule is CN(C)CCCNc1nc(Nc2ccccc2OC(F)(F)F)cc(-c2ccccn2)n1. The van der Waals surface area contributed by atoms with E-state index in [1.165, 1.54) is 18.2 Å². The summed E-state index contributed by atoms with van der Waals surface area (Å²) in [5.74, 6) is 0.302. The fourth-order valence-electron chi connectivity index (χ4n) is 2.75. The molecule has 2 aromatic heterocycles. The van der Waals surface area contributed by atoms with Crippen LogP contribution in [0.4, 0.5) is 30.6 Å². The van der Waals surface area contributed by atoms with Crippen LogP contribution >= 0.6 is 0 Å². The number of para-hydroxylation sites is 2. The molecular formula is C21H23F3N6O. The molecule has 0 bridgehead atoms. The summed E-state index contributed by atoms with van der Waals surface area (Å²) >= 11 is 0. The topological polar surface area (TPSA) is 75.2 Å². The maximum atomic E-state index is 12.7. The van der Waals surface area contributed by atoms with Gasteiger partial charge >= 0.3 is 6.36 Å². The Morgan fingerprint density at radius 1 is 1.00 bits per heavy atom. The molecule has 1 aromatic carbocycles. The van der Waals surface area contributed by atoms with Crippen LogP contribution in [0, 0.1) is 0 Å². The molecule has 0 saturated heterocycles. The third-order valence-corrected chi connectivity index (χ3v) is 4.09. The van der Waals surface area contributed by atoms with Crippen molar-refractivity contribution in [3.05, 3.63) is 54.7 Å². The quantitative estimate of drug-likeness (QED) is 0.481. The fourth-order valence-corrected chi connectivity index (χ4v) is 2.75. The number of ether oxygens (including phenoxy) is 1. The Morgan fingerprint density at radius 2 is 1.77 bits per heavy atom. The van der Waals surface area contributed by atoms with Gasteiger partial charge < -0.3 is 20.3 Å². The van der Waals surface area contributed by atoms with Crippen LogP contribution in [-0.2, 0) is 0 Å². The molecule has 0 fully saturated rings. The number of pyridine rings is 1. The molecule has 3 aromatic rings. The molecule has 31 heavy (non-hydrogen) atoms. The van der Waals surface area contributed by atoms with Crippen molar-refractivity contribution >= 4 is 17.5 Å². The number of hydrogen-bond donors (Lipinski definition) is 2. The molecule has 0 radical (unpaired) electrons. The van der Waals surface area contributed by atoms with E-state index in [2.05, 4.69) is 35.2 Å². The minimum Gasteiger partial charge on any atom is -0.404 e. The lowest BCUT2D eigenvalue weighted by Crippen LogP contribution is -2.18. The summed E-state index contributed by atoms with van der Waals surface area (Å²) in [4.78, 5) is 15.3. The zero-order valence-corrected chi connectivity index (χ0v) is 17.1. The maximum absolute atomic E-state index is 12.7. The van der Waals surface area contributed by atoms with Gasteiger partial charge in [0.2, 0.25) is 5.95 Å². The maximum Gasteiger partial charge on any atom is 0.573 e. The Kier molecular flexibility index (Phi) is 7.24. The van der Waals surface area contributed by atoms with Crippen molar-refractivity contribution in [1.29, 1.82) is 0 Å². The number of rotatable bonds is 9. The van der Waals surface area contributed by atoms with Gasteiger partial charge in [0.25, 0.3) is 0 Å². The van der Waals surface area contributed by atoms with Gasteiger partial charge in [-0.25, -0.2) is 4.98 Å². The van der Waals surface area contributed by atoms with Crippen molar-refractivity contribution in [2.75, 3.05) is 37.8 Å². The molecule has 0 saturated carbocycles. The van der Waals surface area contributed by atoms with Crippen molar-refractivity contribution in [2.45, 2.75) is 12.8 Å². The predicted octanol–water partition coefficient (Wildman–Crippen LogP) is 4.54. The van der Waals surface area contributed by atoms with Gasteiger partial charge in [-0.1, -0.05) is 18.2 Å². The number of nitrogens with one attached hydrogen (secondary N) is 2. The highest BCUT2D eigenvalue weighted by atomic mass is 19.4. The van der Waals surface area contributed by atoms with Crippen LogP contribution in [0.25, 0.3) is 11.4 Å². The average Bonchev–Trinajstić information content (AvgIpc) is 2.72. The van der Waals surface area contributed by atoms with Gasteiger partial charge in [-0.2, -0.15) is 4.98 Å². The first-order valence-corrected chi connectivity index (χ1v) is 9.61. The Labute approximate surface area is 178 Å². The van der Waals surface area contributed by atoms with E-state index in [-0.39, 0.29) is 11.4 Å². The van der Waals surface area contributed by atoms with E-state index in [9.17, 15) is 13.2 Å². The van der Waals surface area contributed by atoms with Crippen LogP contribution in [-0.4, -0.2) is 53.4 Å². The van der Waals surface area contributed by atoms with Crippen LogP contribution in [0.2, 0.25) is 0 Å². The molecule has 0 aliphatic heterocycles. The molecule has 0 spiro atoms. The van der Waals surface area contributed by atoms with E-state index < -0.39 is 6.36 Å². The Morgan fingerprint density at radius 3 is 2.48 bits per heavy atom. The average molecular weight is 432 g/mol. The molecule has 0 amide bonds. The zero-order chi connectivity index (χ0) is 22.3. The minimum atomic E-state index is -4.80. The van der Waals surface area contributed by atoms with Crippen molar-refractivity contribution in [2.24, 2.45) is 0 Å². The number of anilines is 3. The second-order valence-electron chi connectivity index (χ2n) is 6.93. The van der Waals surface area contributed by atoms with Crippen molar-refractivity contribution in [3.63, 3.8) is 0 Å². The third-order valence-electron chi connectivity index (χ3n) is 4.09. The van der Waals surface area contributed by atoms with E-state index in [4.69, 9.17) is 0 Å². The summed E-state index contributed by atoms with van der Waals surface area (Å²) in [6.07, 6.45) is -2.29. The van der Waals surface area contributed by atoms with E-state index in [1.54, 1.807) is 30.5 Å². The third kappa shape index (κ3) is 7.10. The van der Waals surface area contributed by atoms with Gasteiger partial charge in [0, 0.05) is 18.8 Å². The molecule has 0 aliphatic carbocycles. The lowest BCUT2D eigenvalue weighted by Gasteiger charge is -2.15. The van der Waals surface area contributed by atoms with E-state index in [0.29, 0.717) is 29.7 Å². The van der Waals surface area contributed by atoms with Crippen molar-refractivity contribution in [1.82, 2.24) is 19.9 Å². The van der Waals surface area contributed by atoms with E-state index >= 15 is 0 Å². The zero-order valence-electron chi connectivity index (χ0n) is 17.1. The molecule has 0 atom stereocenters. The number of halogens is 3. The first-order chi connectivity index (χ1) is 14.8. The monoisotopic (exact) mass is 432 g/mol. The molecule has 0 unspecified atom stereocenters. The predicted molar refractivity (Wildman–Crippen MR) is 113 cm³/mol. The number of benzene rings is 1. The molecule has 3 rings (SSSR count). The molecule has 0 aliphatic rings. The number of aromatic nitrogens is 3. The van der Waals surface area contributed by atoms with E-state index in [1.807, 2.05) is 20.2 Å².